The topological polar surface area (TPSA) is 47.6 Å². The molecule has 0 saturated heterocycles. The number of carbonyl (C=O) groups is 1. The van der Waals surface area contributed by atoms with Crippen molar-refractivity contribution < 1.29 is 18.7 Å². The molecule has 4 nitrogen and oxygen atoms in total. The van der Waals surface area contributed by atoms with Crippen molar-refractivity contribution in [3.8, 4) is 11.5 Å². The van der Waals surface area contributed by atoms with E-state index in [9.17, 15) is 9.18 Å². The summed E-state index contributed by atoms with van der Waals surface area (Å²) in [6, 6.07) is 11.9. The number of hydrogen-bond donors (Lipinski definition) is 1. The van der Waals surface area contributed by atoms with Crippen LogP contribution in [0.3, 0.4) is 0 Å². The molecular weight excluding hydrogens is 353 g/mol. The number of thioether (sulfide) groups is 1. The van der Waals surface area contributed by atoms with Crippen molar-refractivity contribution in [2.45, 2.75) is 32.2 Å². The van der Waals surface area contributed by atoms with Crippen molar-refractivity contribution in [2.24, 2.45) is 0 Å². The second-order valence-electron chi connectivity index (χ2n) is 6.05. The minimum Gasteiger partial charge on any atom is -0.493 e. The molecule has 0 aliphatic heterocycles. The van der Waals surface area contributed by atoms with Crippen LogP contribution in [-0.2, 0) is 17.1 Å². The predicted molar refractivity (Wildman–Crippen MR) is 103 cm³/mol. The highest BCUT2D eigenvalue weighted by Gasteiger charge is 2.08. The Morgan fingerprint density at radius 1 is 1.12 bits per heavy atom. The van der Waals surface area contributed by atoms with Crippen LogP contribution < -0.4 is 14.8 Å². The van der Waals surface area contributed by atoms with E-state index >= 15 is 0 Å². The maximum atomic E-state index is 12.9. The monoisotopic (exact) mass is 377 g/mol. The van der Waals surface area contributed by atoms with Crippen LogP contribution in [-0.4, -0.2) is 24.9 Å². The summed E-state index contributed by atoms with van der Waals surface area (Å²) in [5, 5.41) is 2.89. The Bertz CT molecular complexity index is 719. The van der Waals surface area contributed by atoms with Gasteiger partial charge in [-0.15, -0.1) is 11.8 Å². The highest BCUT2D eigenvalue weighted by Crippen LogP contribution is 2.28. The third-order valence-corrected chi connectivity index (χ3v) is 4.50. The van der Waals surface area contributed by atoms with Crippen LogP contribution in [0.25, 0.3) is 0 Å². The lowest BCUT2D eigenvalue weighted by atomic mass is 10.2. The Labute approximate surface area is 158 Å². The first-order valence-corrected chi connectivity index (χ1v) is 9.56. The first-order chi connectivity index (χ1) is 12.5. The van der Waals surface area contributed by atoms with Crippen molar-refractivity contribution in [3.63, 3.8) is 0 Å². The molecule has 0 fully saturated rings. The smallest absolute Gasteiger partial charge is 0.230 e. The summed E-state index contributed by atoms with van der Waals surface area (Å²) < 4.78 is 23.9. The standard InChI is InChI=1S/C20H24FNO3S/c1-14(2)25-18-9-6-16(10-19(18)24-3)11-22-20(23)13-26-12-15-4-7-17(21)8-5-15/h4-10,14H,11-13H2,1-3H3,(H,22,23). The first kappa shape index (κ1) is 20.1. The zero-order valence-electron chi connectivity index (χ0n) is 15.3. The van der Waals surface area contributed by atoms with Gasteiger partial charge in [0, 0.05) is 12.3 Å². The molecule has 0 aliphatic carbocycles. The van der Waals surface area contributed by atoms with Gasteiger partial charge in [-0.3, -0.25) is 4.79 Å². The van der Waals surface area contributed by atoms with Gasteiger partial charge in [-0.25, -0.2) is 4.39 Å². The molecule has 140 valence electrons. The van der Waals surface area contributed by atoms with Crippen LogP contribution in [0.15, 0.2) is 42.5 Å². The first-order valence-electron chi connectivity index (χ1n) is 8.40. The van der Waals surface area contributed by atoms with Gasteiger partial charge in [0.2, 0.25) is 5.91 Å². The van der Waals surface area contributed by atoms with Crippen LogP contribution in [0.4, 0.5) is 4.39 Å². The molecule has 0 atom stereocenters. The molecule has 0 saturated carbocycles. The van der Waals surface area contributed by atoms with Gasteiger partial charge in [-0.1, -0.05) is 18.2 Å². The number of benzene rings is 2. The molecule has 6 heteroatoms. The largest absolute Gasteiger partial charge is 0.493 e. The molecule has 1 N–H and O–H groups in total. The van der Waals surface area contributed by atoms with Crippen molar-refractivity contribution in [1.29, 1.82) is 0 Å². The average molecular weight is 377 g/mol. The van der Waals surface area contributed by atoms with Gasteiger partial charge in [0.25, 0.3) is 0 Å². The Hall–Kier alpha value is -2.21. The Balaban J connectivity index is 1.78. The lowest BCUT2D eigenvalue weighted by Gasteiger charge is -2.14. The number of hydrogen-bond acceptors (Lipinski definition) is 4. The van der Waals surface area contributed by atoms with E-state index < -0.39 is 0 Å². The quantitative estimate of drug-likeness (QED) is 0.712. The SMILES string of the molecule is COc1cc(CNC(=O)CSCc2ccc(F)cc2)ccc1OC(C)C. The number of nitrogens with one attached hydrogen (secondary N) is 1. The molecule has 0 unspecified atom stereocenters. The minimum atomic E-state index is -0.253. The average Bonchev–Trinajstić information content (AvgIpc) is 2.62. The third-order valence-electron chi connectivity index (χ3n) is 3.50. The summed E-state index contributed by atoms with van der Waals surface area (Å²) >= 11 is 1.49. The molecule has 2 rings (SSSR count). The zero-order valence-corrected chi connectivity index (χ0v) is 16.1. The van der Waals surface area contributed by atoms with Crippen molar-refractivity contribution >= 4 is 17.7 Å². The van der Waals surface area contributed by atoms with E-state index in [1.54, 1.807) is 19.2 Å². The van der Waals surface area contributed by atoms with Gasteiger partial charge in [-0.2, -0.15) is 0 Å². The number of ether oxygens (including phenoxy) is 2. The van der Waals surface area contributed by atoms with Gasteiger partial charge >= 0.3 is 0 Å². The van der Waals surface area contributed by atoms with Crippen LogP contribution >= 0.6 is 11.8 Å². The second kappa shape index (κ2) is 10.1. The van der Waals surface area contributed by atoms with Crippen LogP contribution in [0, 0.1) is 5.82 Å². The van der Waals surface area contributed by atoms with E-state index in [4.69, 9.17) is 9.47 Å². The third kappa shape index (κ3) is 6.59. The molecule has 0 spiro atoms. The molecule has 2 aromatic carbocycles. The van der Waals surface area contributed by atoms with E-state index in [-0.39, 0.29) is 17.8 Å². The van der Waals surface area contributed by atoms with Crippen molar-refractivity contribution in [2.75, 3.05) is 12.9 Å². The van der Waals surface area contributed by atoms with Gasteiger partial charge in [0.05, 0.1) is 19.0 Å². The fourth-order valence-electron chi connectivity index (χ4n) is 2.27. The van der Waals surface area contributed by atoms with E-state index in [0.29, 0.717) is 29.5 Å². The van der Waals surface area contributed by atoms with Crippen molar-refractivity contribution in [1.82, 2.24) is 5.32 Å². The number of rotatable bonds is 9. The summed E-state index contributed by atoms with van der Waals surface area (Å²) in [4.78, 5) is 12.0. The Morgan fingerprint density at radius 2 is 1.81 bits per heavy atom. The molecule has 2 aromatic rings. The van der Waals surface area contributed by atoms with Crippen molar-refractivity contribution in [3.05, 3.63) is 59.4 Å². The lowest BCUT2D eigenvalue weighted by molar-refractivity contribution is -0.118. The molecule has 0 bridgehead atoms. The minimum absolute atomic E-state index is 0.0430. The maximum absolute atomic E-state index is 12.9. The number of amides is 1. The van der Waals surface area contributed by atoms with Gasteiger partial charge in [0.15, 0.2) is 11.5 Å². The molecule has 0 aliphatic rings. The summed E-state index contributed by atoms with van der Waals surface area (Å²) in [7, 11) is 1.59. The molecule has 1 amide bonds. The van der Waals surface area contributed by atoms with E-state index in [2.05, 4.69) is 5.32 Å². The molecule has 0 heterocycles. The van der Waals surface area contributed by atoms with Gasteiger partial charge < -0.3 is 14.8 Å². The zero-order chi connectivity index (χ0) is 18.9. The van der Waals surface area contributed by atoms with Crippen LogP contribution in [0.5, 0.6) is 11.5 Å². The van der Waals surface area contributed by atoms with E-state index in [1.165, 1.54) is 23.9 Å². The highest BCUT2D eigenvalue weighted by molar-refractivity contribution is 7.99. The van der Waals surface area contributed by atoms with Crippen LogP contribution in [0.1, 0.15) is 25.0 Å². The lowest BCUT2D eigenvalue weighted by Crippen LogP contribution is -2.24. The fourth-order valence-corrected chi connectivity index (χ4v) is 3.08. The summed E-state index contributed by atoms with van der Waals surface area (Å²) in [5.74, 6) is 2.06. The second-order valence-corrected chi connectivity index (χ2v) is 7.03. The fraction of sp³-hybridized carbons (Fsp3) is 0.350. The molecule has 0 radical (unpaired) electrons. The number of methoxy groups -OCH3 is 1. The maximum Gasteiger partial charge on any atom is 0.230 e. The van der Waals surface area contributed by atoms with Gasteiger partial charge in [0.1, 0.15) is 5.82 Å². The molecule has 0 aromatic heterocycles. The van der Waals surface area contributed by atoms with E-state index in [0.717, 1.165) is 11.1 Å². The number of carbonyl (C=O) groups excluding carboxylic acids is 1. The molecular formula is C20H24FNO3S. The number of halogens is 1. The predicted octanol–water partition coefficient (Wildman–Crippen LogP) is 4.17. The van der Waals surface area contributed by atoms with E-state index in [1.807, 2.05) is 32.0 Å². The van der Waals surface area contributed by atoms with Crippen LogP contribution in [0.2, 0.25) is 0 Å². The van der Waals surface area contributed by atoms with Gasteiger partial charge in [-0.05, 0) is 49.2 Å². The Morgan fingerprint density at radius 3 is 2.46 bits per heavy atom. The summed E-state index contributed by atoms with van der Waals surface area (Å²) in [5.41, 5.74) is 1.93. The highest BCUT2D eigenvalue weighted by atomic mass is 32.2. The summed E-state index contributed by atoms with van der Waals surface area (Å²) in [6.45, 7) is 4.34. The Kier molecular flexibility index (Phi) is 7.78. The normalized spacial score (nSPS) is 10.7. The summed E-state index contributed by atoms with van der Waals surface area (Å²) in [6.07, 6.45) is 0.0626. The molecule has 26 heavy (non-hydrogen) atoms.